The van der Waals surface area contributed by atoms with E-state index in [1.807, 2.05) is 6.92 Å². The molecule has 0 N–H and O–H groups in total. The number of nitro groups is 1. The smallest absolute Gasteiger partial charge is 0.408 e. The molecule has 3 aromatic heterocycles. The van der Waals surface area contributed by atoms with Crippen LogP contribution >= 0.6 is 11.6 Å². The summed E-state index contributed by atoms with van der Waals surface area (Å²) in [5.74, 6) is 0.408. The molecule has 0 amide bonds. The van der Waals surface area contributed by atoms with Crippen molar-refractivity contribution < 1.29 is 14.1 Å². The van der Waals surface area contributed by atoms with Crippen LogP contribution in [0, 0.1) is 17.0 Å². The molecule has 0 radical (unpaired) electrons. The molecule has 0 aliphatic carbocycles. The van der Waals surface area contributed by atoms with Crippen LogP contribution in [0.2, 0.25) is 5.02 Å². The van der Waals surface area contributed by atoms with Gasteiger partial charge in [-0.15, -0.1) is 0 Å². The monoisotopic (exact) mass is 375 g/mol. The Bertz CT molecular complexity index is 1010. The molecule has 0 spiro atoms. The Labute approximate surface area is 152 Å². The predicted octanol–water partition coefficient (Wildman–Crippen LogP) is 3.02. The topological polar surface area (TPSA) is 109 Å². The summed E-state index contributed by atoms with van der Waals surface area (Å²) in [4.78, 5) is 22.3. The van der Waals surface area contributed by atoms with Crippen molar-refractivity contribution in [1.82, 2.24) is 19.6 Å². The number of ketones is 1. The highest BCUT2D eigenvalue weighted by molar-refractivity contribution is 6.32. The molecule has 10 heteroatoms. The Kier molecular flexibility index (Phi) is 4.72. The number of carbonyl (C=O) groups is 1. The SMILES string of the molecule is Cc1c(C(=O)/C=C/c2ccc(Cn3cc(Cl)c([N+](=O)[O-])n3)o2)cnn1C. The summed E-state index contributed by atoms with van der Waals surface area (Å²) < 4.78 is 8.53. The third-order valence-electron chi connectivity index (χ3n) is 3.77. The van der Waals surface area contributed by atoms with Gasteiger partial charge in [0.05, 0.1) is 23.1 Å². The van der Waals surface area contributed by atoms with Gasteiger partial charge in [-0.3, -0.25) is 9.48 Å². The summed E-state index contributed by atoms with van der Waals surface area (Å²) in [6.07, 6.45) is 5.83. The minimum Gasteiger partial charge on any atom is -0.460 e. The Hall–Kier alpha value is -3.20. The Balaban J connectivity index is 1.70. The van der Waals surface area contributed by atoms with Crippen molar-refractivity contribution in [2.75, 3.05) is 0 Å². The zero-order valence-electron chi connectivity index (χ0n) is 13.9. The molecule has 0 saturated carbocycles. The maximum atomic E-state index is 12.2. The summed E-state index contributed by atoms with van der Waals surface area (Å²) in [5, 5.41) is 18.5. The zero-order valence-corrected chi connectivity index (χ0v) is 14.7. The highest BCUT2D eigenvalue weighted by Crippen LogP contribution is 2.22. The third-order valence-corrected chi connectivity index (χ3v) is 4.04. The van der Waals surface area contributed by atoms with Gasteiger partial charge in [-0.25, -0.2) is 0 Å². The number of rotatable bonds is 6. The number of hydrogen-bond acceptors (Lipinski definition) is 6. The van der Waals surface area contributed by atoms with Gasteiger partial charge in [-0.05, 0) is 36.1 Å². The summed E-state index contributed by atoms with van der Waals surface area (Å²) >= 11 is 5.76. The molecule has 3 rings (SSSR count). The first-order chi connectivity index (χ1) is 12.3. The fraction of sp³-hybridized carbons (Fsp3) is 0.188. The number of aryl methyl sites for hydroxylation is 1. The molecule has 0 aromatic carbocycles. The second-order valence-electron chi connectivity index (χ2n) is 5.52. The highest BCUT2D eigenvalue weighted by Gasteiger charge is 2.19. The number of nitrogens with zero attached hydrogens (tertiary/aromatic N) is 5. The molecule has 0 fully saturated rings. The lowest BCUT2D eigenvalue weighted by molar-refractivity contribution is -0.389. The van der Waals surface area contributed by atoms with Crippen molar-refractivity contribution in [1.29, 1.82) is 0 Å². The minimum absolute atomic E-state index is 0.0425. The molecule has 134 valence electrons. The first-order valence-electron chi connectivity index (χ1n) is 7.52. The van der Waals surface area contributed by atoms with Gasteiger partial charge in [0, 0.05) is 12.7 Å². The Morgan fingerprint density at radius 3 is 2.85 bits per heavy atom. The molecule has 9 nitrogen and oxygen atoms in total. The van der Waals surface area contributed by atoms with Gasteiger partial charge in [0.2, 0.25) is 0 Å². The lowest BCUT2D eigenvalue weighted by atomic mass is 10.1. The number of halogens is 1. The fourth-order valence-corrected chi connectivity index (χ4v) is 2.53. The van der Waals surface area contributed by atoms with E-state index in [2.05, 4.69) is 10.2 Å². The van der Waals surface area contributed by atoms with Crippen molar-refractivity contribution in [3.63, 3.8) is 0 Å². The van der Waals surface area contributed by atoms with Crippen molar-refractivity contribution in [3.05, 3.63) is 68.5 Å². The normalized spacial score (nSPS) is 11.3. The summed E-state index contributed by atoms with van der Waals surface area (Å²) in [7, 11) is 1.76. The lowest BCUT2D eigenvalue weighted by Crippen LogP contribution is -2.00. The van der Waals surface area contributed by atoms with E-state index in [9.17, 15) is 14.9 Å². The van der Waals surface area contributed by atoms with Crippen molar-refractivity contribution >= 4 is 29.3 Å². The van der Waals surface area contributed by atoms with E-state index in [0.29, 0.717) is 17.1 Å². The van der Waals surface area contributed by atoms with E-state index in [1.165, 1.54) is 23.2 Å². The maximum Gasteiger partial charge on any atom is 0.408 e. The molecule has 0 aliphatic rings. The summed E-state index contributed by atoms with van der Waals surface area (Å²) in [6.45, 7) is 1.99. The summed E-state index contributed by atoms with van der Waals surface area (Å²) in [5.41, 5.74) is 1.30. The number of furan rings is 1. The van der Waals surface area contributed by atoms with E-state index in [4.69, 9.17) is 16.0 Å². The number of aromatic nitrogens is 4. The van der Waals surface area contributed by atoms with Crippen LogP contribution < -0.4 is 0 Å². The standard InChI is InChI=1S/C16H14ClN5O4/c1-10-13(7-18-20(10)2)15(23)6-5-11-3-4-12(26-11)8-21-9-14(17)16(19-21)22(24)25/h3-7,9H,8H2,1-2H3/b6-5+. The number of carbonyl (C=O) groups excluding carboxylic acids is 1. The molecular formula is C16H14ClN5O4. The molecule has 3 aromatic rings. The molecule has 0 aliphatic heterocycles. The van der Waals surface area contributed by atoms with E-state index in [1.54, 1.807) is 29.9 Å². The van der Waals surface area contributed by atoms with Crippen LogP contribution in [-0.4, -0.2) is 30.3 Å². The second kappa shape index (κ2) is 6.96. The van der Waals surface area contributed by atoms with Crippen LogP contribution in [0.25, 0.3) is 6.08 Å². The van der Waals surface area contributed by atoms with Gasteiger partial charge in [-0.2, -0.15) is 9.78 Å². The van der Waals surface area contributed by atoms with E-state index in [-0.39, 0.29) is 17.4 Å². The van der Waals surface area contributed by atoms with Crippen LogP contribution in [0.4, 0.5) is 5.82 Å². The Morgan fingerprint density at radius 1 is 1.46 bits per heavy atom. The average molecular weight is 376 g/mol. The summed E-state index contributed by atoms with van der Waals surface area (Å²) in [6, 6.07) is 3.38. The quantitative estimate of drug-likeness (QED) is 0.283. The average Bonchev–Trinajstić information content (AvgIpc) is 3.27. The number of allylic oxidation sites excluding steroid dienone is 1. The molecule has 0 atom stereocenters. The van der Waals surface area contributed by atoms with Crippen LogP contribution in [0.15, 0.2) is 35.0 Å². The van der Waals surface area contributed by atoms with E-state index >= 15 is 0 Å². The van der Waals surface area contributed by atoms with Gasteiger partial charge in [0.25, 0.3) is 0 Å². The van der Waals surface area contributed by atoms with Crippen LogP contribution in [0.5, 0.6) is 0 Å². The van der Waals surface area contributed by atoms with Crippen molar-refractivity contribution in [2.45, 2.75) is 13.5 Å². The first kappa shape index (κ1) is 17.6. The van der Waals surface area contributed by atoms with Gasteiger partial charge >= 0.3 is 5.82 Å². The maximum absolute atomic E-state index is 12.2. The first-order valence-corrected chi connectivity index (χ1v) is 7.90. The van der Waals surface area contributed by atoms with Crippen molar-refractivity contribution in [2.24, 2.45) is 7.05 Å². The van der Waals surface area contributed by atoms with Gasteiger partial charge in [-0.1, -0.05) is 11.6 Å². The largest absolute Gasteiger partial charge is 0.460 e. The van der Waals surface area contributed by atoms with Gasteiger partial charge in [0.15, 0.2) is 10.8 Å². The number of hydrogen-bond donors (Lipinski definition) is 0. The zero-order chi connectivity index (χ0) is 18.8. The van der Waals surface area contributed by atoms with E-state index < -0.39 is 10.7 Å². The predicted molar refractivity (Wildman–Crippen MR) is 93.0 cm³/mol. The van der Waals surface area contributed by atoms with E-state index in [0.717, 1.165) is 5.69 Å². The fourth-order valence-electron chi connectivity index (χ4n) is 2.31. The van der Waals surface area contributed by atoms with Crippen LogP contribution in [0.1, 0.15) is 27.6 Å². The van der Waals surface area contributed by atoms with Crippen molar-refractivity contribution in [3.8, 4) is 0 Å². The minimum atomic E-state index is -0.652. The molecule has 0 saturated heterocycles. The van der Waals surface area contributed by atoms with Crippen LogP contribution in [0.3, 0.4) is 0 Å². The molecule has 3 heterocycles. The third kappa shape index (κ3) is 3.57. The second-order valence-corrected chi connectivity index (χ2v) is 5.93. The molecule has 0 unspecified atom stereocenters. The van der Waals surface area contributed by atoms with Crippen LogP contribution in [-0.2, 0) is 13.6 Å². The molecular weight excluding hydrogens is 362 g/mol. The Morgan fingerprint density at radius 2 is 2.23 bits per heavy atom. The molecule has 0 bridgehead atoms. The van der Waals surface area contributed by atoms with Gasteiger partial charge in [0.1, 0.15) is 18.1 Å². The lowest BCUT2D eigenvalue weighted by Gasteiger charge is -1.95. The highest BCUT2D eigenvalue weighted by atomic mass is 35.5. The van der Waals surface area contributed by atoms with Gasteiger partial charge < -0.3 is 14.5 Å². The molecule has 26 heavy (non-hydrogen) atoms.